The van der Waals surface area contributed by atoms with E-state index < -0.39 is 0 Å². The molecule has 0 aliphatic heterocycles. The predicted molar refractivity (Wildman–Crippen MR) is 58.0 cm³/mol. The number of hydrogen-bond donors (Lipinski definition) is 1. The molecule has 0 amide bonds. The van der Waals surface area contributed by atoms with Gasteiger partial charge >= 0.3 is 0 Å². The summed E-state index contributed by atoms with van der Waals surface area (Å²) in [5, 5.41) is 9.77. The van der Waals surface area contributed by atoms with E-state index in [1.54, 1.807) is 0 Å². The summed E-state index contributed by atoms with van der Waals surface area (Å²) < 4.78 is 5.34. The lowest BCUT2D eigenvalue weighted by Crippen LogP contribution is -2.04. The van der Waals surface area contributed by atoms with Crippen LogP contribution in [0.2, 0.25) is 0 Å². The number of rotatable bonds is 2. The third kappa shape index (κ3) is 2.66. The van der Waals surface area contributed by atoms with Gasteiger partial charge in [0.2, 0.25) is 0 Å². The van der Waals surface area contributed by atoms with Gasteiger partial charge in [0.1, 0.15) is 0 Å². The lowest BCUT2D eigenvalue weighted by molar-refractivity contribution is 0.206. The molecule has 0 atom stereocenters. The second kappa shape index (κ2) is 3.91. The molecule has 0 aromatic heterocycles. The van der Waals surface area contributed by atoms with Gasteiger partial charge in [0.25, 0.3) is 0 Å². The molecular weight excluding hydrogens is 176 g/mol. The molecule has 0 aromatic rings. The summed E-state index contributed by atoms with van der Waals surface area (Å²) >= 11 is 0. The van der Waals surface area contributed by atoms with Crippen molar-refractivity contribution in [2.24, 2.45) is 5.41 Å². The zero-order chi connectivity index (χ0) is 10.8. The highest BCUT2D eigenvalue weighted by Crippen LogP contribution is 2.29. The molecule has 1 aliphatic carbocycles. The standard InChI is InChI=1S/C12H18O2/c1-5-14-11-6-9(2)7-12(3,4)8-10(11)13/h6-8,13H,5H2,1-4H3. The monoisotopic (exact) mass is 194 g/mol. The van der Waals surface area contributed by atoms with E-state index in [0.29, 0.717) is 12.4 Å². The normalized spacial score (nSPS) is 20.4. The molecule has 0 heterocycles. The van der Waals surface area contributed by atoms with E-state index in [4.69, 9.17) is 4.74 Å². The van der Waals surface area contributed by atoms with Crippen LogP contribution in [0.3, 0.4) is 0 Å². The van der Waals surface area contributed by atoms with Crippen molar-refractivity contribution < 1.29 is 9.84 Å². The van der Waals surface area contributed by atoms with Crippen molar-refractivity contribution in [3.8, 4) is 0 Å². The van der Waals surface area contributed by atoms with Gasteiger partial charge in [0.05, 0.1) is 6.61 Å². The van der Waals surface area contributed by atoms with Gasteiger partial charge in [-0.1, -0.05) is 25.5 Å². The maximum absolute atomic E-state index is 9.77. The van der Waals surface area contributed by atoms with E-state index >= 15 is 0 Å². The van der Waals surface area contributed by atoms with Crippen LogP contribution < -0.4 is 0 Å². The first-order valence-electron chi connectivity index (χ1n) is 4.91. The highest BCUT2D eigenvalue weighted by atomic mass is 16.5. The van der Waals surface area contributed by atoms with Crippen LogP contribution in [0.25, 0.3) is 0 Å². The smallest absolute Gasteiger partial charge is 0.160 e. The Morgan fingerprint density at radius 2 is 2.00 bits per heavy atom. The van der Waals surface area contributed by atoms with Gasteiger partial charge in [-0.15, -0.1) is 0 Å². The highest BCUT2D eigenvalue weighted by Gasteiger charge is 2.18. The van der Waals surface area contributed by atoms with Crippen LogP contribution in [-0.4, -0.2) is 11.7 Å². The van der Waals surface area contributed by atoms with Gasteiger partial charge in [-0.05, 0) is 26.0 Å². The van der Waals surface area contributed by atoms with Crippen molar-refractivity contribution in [2.75, 3.05) is 6.61 Å². The molecule has 1 rings (SSSR count). The van der Waals surface area contributed by atoms with E-state index in [1.165, 1.54) is 0 Å². The van der Waals surface area contributed by atoms with Gasteiger partial charge in [-0.2, -0.15) is 0 Å². The minimum absolute atomic E-state index is 0.122. The second-order valence-electron chi connectivity index (χ2n) is 4.18. The Bertz CT molecular complexity index is 306. The quantitative estimate of drug-likeness (QED) is 0.730. The number of ether oxygens (including phenoxy) is 1. The van der Waals surface area contributed by atoms with Gasteiger partial charge < -0.3 is 9.84 Å². The molecule has 1 aliphatic rings. The van der Waals surface area contributed by atoms with E-state index in [0.717, 1.165) is 5.57 Å². The summed E-state index contributed by atoms with van der Waals surface area (Å²) in [6.07, 6.45) is 5.78. The van der Waals surface area contributed by atoms with Crippen LogP contribution in [0.4, 0.5) is 0 Å². The fourth-order valence-electron chi connectivity index (χ4n) is 1.65. The molecule has 0 saturated heterocycles. The second-order valence-corrected chi connectivity index (χ2v) is 4.18. The predicted octanol–water partition coefficient (Wildman–Crippen LogP) is 3.33. The first kappa shape index (κ1) is 10.9. The highest BCUT2D eigenvalue weighted by molar-refractivity contribution is 5.35. The molecule has 2 nitrogen and oxygen atoms in total. The van der Waals surface area contributed by atoms with Crippen molar-refractivity contribution in [1.29, 1.82) is 0 Å². The van der Waals surface area contributed by atoms with E-state index in [2.05, 4.69) is 19.9 Å². The molecule has 0 bridgehead atoms. The Kier molecular flexibility index (Phi) is 3.04. The average molecular weight is 194 g/mol. The Hall–Kier alpha value is -1.18. The number of aliphatic hydroxyl groups is 1. The summed E-state index contributed by atoms with van der Waals surface area (Å²) in [5.41, 5.74) is 0.988. The van der Waals surface area contributed by atoms with E-state index in [1.807, 2.05) is 26.0 Å². The number of allylic oxidation sites excluding steroid dienone is 4. The van der Waals surface area contributed by atoms with Crippen LogP contribution in [0.5, 0.6) is 0 Å². The van der Waals surface area contributed by atoms with Crippen LogP contribution in [0, 0.1) is 5.41 Å². The molecule has 14 heavy (non-hydrogen) atoms. The summed E-state index contributed by atoms with van der Waals surface area (Å²) in [6, 6.07) is 0. The fourth-order valence-corrected chi connectivity index (χ4v) is 1.65. The summed E-state index contributed by atoms with van der Waals surface area (Å²) in [6.45, 7) is 8.58. The maximum atomic E-state index is 9.77. The van der Waals surface area contributed by atoms with Gasteiger partial charge in [-0.25, -0.2) is 0 Å². The van der Waals surface area contributed by atoms with Crippen molar-refractivity contribution in [1.82, 2.24) is 0 Å². The lowest BCUT2D eigenvalue weighted by Gasteiger charge is -2.14. The third-order valence-electron chi connectivity index (χ3n) is 2.02. The minimum atomic E-state index is -0.122. The topological polar surface area (TPSA) is 29.5 Å². The number of aliphatic hydroxyl groups excluding tert-OH is 1. The van der Waals surface area contributed by atoms with E-state index in [-0.39, 0.29) is 11.2 Å². The van der Waals surface area contributed by atoms with Gasteiger partial charge in [0.15, 0.2) is 11.5 Å². The molecule has 0 aromatic carbocycles. The fraction of sp³-hybridized carbons (Fsp3) is 0.500. The van der Waals surface area contributed by atoms with E-state index in [9.17, 15) is 5.11 Å². The van der Waals surface area contributed by atoms with Gasteiger partial charge in [0, 0.05) is 5.41 Å². The van der Waals surface area contributed by atoms with Gasteiger partial charge in [-0.3, -0.25) is 0 Å². The molecule has 0 fully saturated rings. The van der Waals surface area contributed by atoms with Crippen molar-refractivity contribution in [3.05, 3.63) is 35.3 Å². The largest absolute Gasteiger partial charge is 0.504 e. The van der Waals surface area contributed by atoms with Crippen LogP contribution >= 0.6 is 0 Å². The van der Waals surface area contributed by atoms with Crippen molar-refractivity contribution in [3.63, 3.8) is 0 Å². The Balaban J connectivity index is 3.05. The van der Waals surface area contributed by atoms with Crippen molar-refractivity contribution >= 4 is 0 Å². The average Bonchev–Trinajstić information content (AvgIpc) is 2.08. The lowest BCUT2D eigenvalue weighted by atomic mass is 9.91. The Labute approximate surface area is 85.6 Å². The number of hydrogen-bond acceptors (Lipinski definition) is 2. The minimum Gasteiger partial charge on any atom is -0.504 e. The Morgan fingerprint density at radius 1 is 1.36 bits per heavy atom. The zero-order valence-electron chi connectivity index (χ0n) is 9.29. The molecule has 1 N–H and O–H groups in total. The summed E-state index contributed by atoms with van der Waals surface area (Å²) in [7, 11) is 0. The SMILES string of the molecule is CCOC1=CC(C)=CC(C)(C)C=C1O. The van der Waals surface area contributed by atoms with Crippen LogP contribution in [-0.2, 0) is 4.74 Å². The molecule has 0 radical (unpaired) electrons. The maximum Gasteiger partial charge on any atom is 0.160 e. The van der Waals surface area contributed by atoms with Crippen LogP contribution in [0.15, 0.2) is 35.3 Å². The molecule has 2 heteroatoms. The molecular formula is C12H18O2. The zero-order valence-corrected chi connectivity index (χ0v) is 9.29. The Morgan fingerprint density at radius 3 is 2.57 bits per heavy atom. The first-order chi connectivity index (χ1) is 6.44. The molecule has 0 saturated carbocycles. The third-order valence-corrected chi connectivity index (χ3v) is 2.02. The summed E-state index contributed by atoms with van der Waals surface area (Å²) in [4.78, 5) is 0. The van der Waals surface area contributed by atoms with Crippen LogP contribution in [0.1, 0.15) is 27.7 Å². The van der Waals surface area contributed by atoms with Crippen molar-refractivity contribution in [2.45, 2.75) is 27.7 Å². The first-order valence-corrected chi connectivity index (χ1v) is 4.91. The molecule has 0 unspecified atom stereocenters. The summed E-state index contributed by atoms with van der Waals surface area (Å²) in [5.74, 6) is 0.789. The molecule has 78 valence electrons. The molecule has 0 spiro atoms.